The third-order valence-electron chi connectivity index (χ3n) is 2.06. The third kappa shape index (κ3) is 3.10. The average Bonchev–Trinajstić information content (AvgIpc) is 2.81. The molecule has 74 valence electrons. The minimum absolute atomic E-state index is 0.0910. The van der Waals surface area contributed by atoms with E-state index < -0.39 is 6.04 Å². The fourth-order valence-corrected chi connectivity index (χ4v) is 1.05. The number of carbonyl (C=O) groups is 1. The van der Waals surface area contributed by atoms with Crippen LogP contribution in [0, 0.1) is 0 Å². The van der Waals surface area contributed by atoms with Crippen LogP contribution in [-0.2, 0) is 4.79 Å². The lowest BCUT2D eigenvalue weighted by Crippen LogP contribution is -2.40. The van der Waals surface area contributed by atoms with Gasteiger partial charge in [-0.3, -0.25) is 4.79 Å². The number of nitrogens with one attached hydrogen (secondary N) is 1. The van der Waals surface area contributed by atoms with Crippen LogP contribution in [0.1, 0.15) is 26.7 Å². The number of rotatable bonds is 5. The Kier molecular flexibility index (Phi) is 2.98. The van der Waals surface area contributed by atoms with Crippen LogP contribution in [-0.4, -0.2) is 24.2 Å². The van der Waals surface area contributed by atoms with E-state index in [9.17, 15) is 4.79 Å². The lowest BCUT2D eigenvalue weighted by molar-refractivity contribution is -0.122. The molecule has 0 fully saturated rings. The minimum atomic E-state index is -0.428. The number of carbonyl (C=O) groups excluding carboxylic acids is 1. The van der Waals surface area contributed by atoms with Gasteiger partial charge in [-0.05, 0) is 26.7 Å². The van der Waals surface area contributed by atoms with Crippen molar-refractivity contribution in [2.24, 2.45) is 16.0 Å². The van der Waals surface area contributed by atoms with Crippen LogP contribution in [0.2, 0.25) is 0 Å². The highest BCUT2D eigenvalue weighted by Crippen LogP contribution is 2.32. The van der Waals surface area contributed by atoms with E-state index in [4.69, 9.17) is 5.73 Å². The maximum Gasteiger partial charge on any atom is 0.236 e. The van der Waals surface area contributed by atoms with Crippen LogP contribution < -0.4 is 11.1 Å². The van der Waals surface area contributed by atoms with E-state index in [0.29, 0.717) is 13.0 Å². The van der Waals surface area contributed by atoms with Crippen LogP contribution in [0.3, 0.4) is 0 Å². The molecule has 5 nitrogen and oxygen atoms in total. The van der Waals surface area contributed by atoms with Crippen molar-refractivity contribution in [3.63, 3.8) is 0 Å². The SMILES string of the molecule is CCNC(=O)C(N)CCC1(C)N=N1. The zero-order valence-electron chi connectivity index (χ0n) is 8.08. The number of hydrogen-bond donors (Lipinski definition) is 2. The first-order chi connectivity index (χ1) is 6.07. The van der Waals surface area contributed by atoms with Gasteiger partial charge in [0.25, 0.3) is 0 Å². The molecule has 0 saturated heterocycles. The van der Waals surface area contributed by atoms with E-state index in [1.54, 1.807) is 0 Å². The molecule has 1 unspecified atom stereocenters. The van der Waals surface area contributed by atoms with Gasteiger partial charge in [-0.25, -0.2) is 0 Å². The normalized spacial score (nSPS) is 19.6. The molecule has 0 bridgehead atoms. The number of likely N-dealkylation sites (N-methyl/N-ethyl adjacent to an activating group) is 1. The van der Waals surface area contributed by atoms with E-state index in [-0.39, 0.29) is 11.6 Å². The lowest BCUT2D eigenvalue weighted by Gasteiger charge is -2.11. The fraction of sp³-hybridized carbons (Fsp3) is 0.875. The summed E-state index contributed by atoms with van der Waals surface area (Å²) in [7, 11) is 0. The molecule has 5 heteroatoms. The summed E-state index contributed by atoms with van der Waals surface area (Å²) >= 11 is 0. The Bertz CT molecular complexity index is 220. The molecule has 0 aromatic carbocycles. The monoisotopic (exact) mass is 184 g/mol. The average molecular weight is 184 g/mol. The summed E-state index contributed by atoms with van der Waals surface area (Å²) < 4.78 is 0. The van der Waals surface area contributed by atoms with Gasteiger partial charge in [0.15, 0.2) is 5.66 Å². The first-order valence-electron chi connectivity index (χ1n) is 4.55. The highest BCUT2D eigenvalue weighted by atomic mass is 16.2. The predicted octanol–water partition coefficient (Wildman–Crippen LogP) is 0.412. The lowest BCUT2D eigenvalue weighted by atomic mass is 10.1. The largest absolute Gasteiger partial charge is 0.355 e. The summed E-state index contributed by atoms with van der Waals surface area (Å²) in [5.41, 5.74) is 5.40. The third-order valence-corrected chi connectivity index (χ3v) is 2.06. The van der Waals surface area contributed by atoms with Crippen LogP contribution >= 0.6 is 0 Å². The molecule has 0 saturated carbocycles. The van der Waals surface area contributed by atoms with Gasteiger partial charge in [0.1, 0.15) is 0 Å². The van der Waals surface area contributed by atoms with Gasteiger partial charge in [0, 0.05) is 6.54 Å². The summed E-state index contributed by atoms with van der Waals surface area (Å²) in [5, 5.41) is 10.4. The molecule has 3 N–H and O–H groups in total. The van der Waals surface area contributed by atoms with Crippen molar-refractivity contribution in [3.05, 3.63) is 0 Å². The first kappa shape index (κ1) is 10.1. The van der Waals surface area contributed by atoms with Crippen LogP contribution in [0.5, 0.6) is 0 Å². The van der Waals surface area contributed by atoms with E-state index in [1.807, 2.05) is 13.8 Å². The molecule has 13 heavy (non-hydrogen) atoms. The molecule has 0 spiro atoms. The van der Waals surface area contributed by atoms with Crippen molar-refractivity contribution < 1.29 is 4.79 Å². The molecular weight excluding hydrogens is 168 g/mol. The summed E-state index contributed by atoms with van der Waals surface area (Å²) in [6.45, 7) is 4.42. The molecule has 1 heterocycles. The molecule has 1 rings (SSSR count). The second kappa shape index (κ2) is 3.83. The zero-order valence-corrected chi connectivity index (χ0v) is 8.08. The van der Waals surface area contributed by atoms with Crippen molar-refractivity contribution in [2.75, 3.05) is 6.54 Å². The van der Waals surface area contributed by atoms with E-state index in [0.717, 1.165) is 6.42 Å². The van der Waals surface area contributed by atoms with Gasteiger partial charge in [-0.1, -0.05) is 0 Å². The topological polar surface area (TPSA) is 79.8 Å². The Balaban J connectivity index is 2.16. The van der Waals surface area contributed by atoms with Gasteiger partial charge < -0.3 is 11.1 Å². The van der Waals surface area contributed by atoms with Gasteiger partial charge in [-0.15, -0.1) is 0 Å². The zero-order chi connectivity index (χ0) is 9.90. The Labute approximate surface area is 77.8 Å². The van der Waals surface area contributed by atoms with E-state index >= 15 is 0 Å². The van der Waals surface area contributed by atoms with E-state index in [1.165, 1.54) is 0 Å². The number of amides is 1. The van der Waals surface area contributed by atoms with Crippen LogP contribution in [0.25, 0.3) is 0 Å². The molecule has 1 aliphatic rings. The number of hydrogen-bond acceptors (Lipinski definition) is 4. The minimum Gasteiger partial charge on any atom is -0.355 e. The molecule has 1 amide bonds. The number of nitrogens with zero attached hydrogens (tertiary/aromatic N) is 2. The quantitative estimate of drug-likeness (QED) is 0.649. The molecule has 1 aliphatic heterocycles. The molecular formula is C8H16N4O. The van der Waals surface area contributed by atoms with Gasteiger partial charge in [-0.2, -0.15) is 10.2 Å². The summed E-state index contributed by atoms with van der Waals surface area (Å²) in [5.74, 6) is -0.0910. The van der Waals surface area contributed by atoms with Gasteiger partial charge in [0.05, 0.1) is 6.04 Å². The maximum absolute atomic E-state index is 11.2. The van der Waals surface area contributed by atoms with Gasteiger partial charge in [0.2, 0.25) is 5.91 Å². The standard InChI is InChI=1S/C8H16N4O/c1-3-10-7(13)6(9)4-5-8(2)11-12-8/h6H,3-5,9H2,1-2H3,(H,10,13). The van der Waals surface area contributed by atoms with Crippen molar-refractivity contribution >= 4 is 5.91 Å². The Hall–Kier alpha value is -0.970. The van der Waals surface area contributed by atoms with Crippen LogP contribution in [0.4, 0.5) is 0 Å². The Morgan fingerprint density at radius 1 is 1.62 bits per heavy atom. The summed E-state index contributed by atoms with van der Waals surface area (Å²) in [4.78, 5) is 11.2. The molecule has 0 aromatic rings. The first-order valence-corrected chi connectivity index (χ1v) is 4.55. The van der Waals surface area contributed by atoms with Gasteiger partial charge >= 0.3 is 0 Å². The Morgan fingerprint density at radius 2 is 2.23 bits per heavy atom. The maximum atomic E-state index is 11.2. The molecule has 1 atom stereocenters. The Morgan fingerprint density at radius 3 is 2.69 bits per heavy atom. The number of nitrogens with two attached hydrogens (primary N) is 1. The predicted molar refractivity (Wildman–Crippen MR) is 49.2 cm³/mol. The fourth-order valence-electron chi connectivity index (χ4n) is 1.05. The molecule has 0 aromatic heterocycles. The van der Waals surface area contributed by atoms with Crippen molar-refractivity contribution in [1.29, 1.82) is 0 Å². The van der Waals surface area contributed by atoms with E-state index in [2.05, 4.69) is 15.5 Å². The highest BCUT2D eigenvalue weighted by molar-refractivity contribution is 5.81. The molecule has 0 aliphatic carbocycles. The van der Waals surface area contributed by atoms with Crippen molar-refractivity contribution in [2.45, 2.75) is 38.4 Å². The molecule has 0 radical (unpaired) electrons. The van der Waals surface area contributed by atoms with Crippen molar-refractivity contribution in [1.82, 2.24) is 5.32 Å². The smallest absolute Gasteiger partial charge is 0.236 e. The summed E-state index contributed by atoms with van der Waals surface area (Å²) in [6.07, 6.45) is 1.39. The van der Waals surface area contributed by atoms with Crippen molar-refractivity contribution in [3.8, 4) is 0 Å². The second-order valence-corrected chi connectivity index (χ2v) is 3.46. The highest BCUT2D eigenvalue weighted by Gasteiger charge is 2.34. The van der Waals surface area contributed by atoms with Crippen LogP contribution in [0.15, 0.2) is 10.2 Å². The second-order valence-electron chi connectivity index (χ2n) is 3.46. The summed E-state index contributed by atoms with van der Waals surface area (Å²) in [6, 6.07) is -0.428.